The second kappa shape index (κ2) is 9.04. The predicted octanol–water partition coefficient (Wildman–Crippen LogP) is 2.29. The number of para-hydroxylation sites is 1. The van der Waals surface area contributed by atoms with Crippen LogP contribution in [0.15, 0.2) is 24.3 Å². The standard InChI is InChI=1S/C19H31N3O2/c1-5-17(16-9-7-8-10-18(16)24-6-2)20-19(23)14-22-12-11-21(4)13-15(22)3/h7-10,15,17H,5-6,11-14H2,1-4H3,(H,20,23)/t15-,17+/m1/s1. The third-order valence-electron chi connectivity index (χ3n) is 4.65. The average Bonchev–Trinajstić information content (AvgIpc) is 2.56. The van der Waals surface area contributed by atoms with Gasteiger partial charge in [-0.05, 0) is 33.4 Å². The zero-order chi connectivity index (χ0) is 17.5. The second-order valence-electron chi connectivity index (χ2n) is 6.58. The van der Waals surface area contributed by atoms with E-state index in [1.807, 2.05) is 31.2 Å². The largest absolute Gasteiger partial charge is 0.494 e. The highest BCUT2D eigenvalue weighted by molar-refractivity contribution is 5.78. The van der Waals surface area contributed by atoms with Crippen LogP contribution < -0.4 is 10.1 Å². The van der Waals surface area contributed by atoms with Crippen molar-refractivity contribution >= 4 is 5.91 Å². The van der Waals surface area contributed by atoms with Crippen LogP contribution in [0.5, 0.6) is 5.75 Å². The molecule has 2 rings (SSSR count). The summed E-state index contributed by atoms with van der Waals surface area (Å²) >= 11 is 0. The first-order valence-corrected chi connectivity index (χ1v) is 8.98. The maximum atomic E-state index is 12.5. The van der Waals surface area contributed by atoms with Crippen LogP contribution >= 0.6 is 0 Å². The van der Waals surface area contributed by atoms with Gasteiger partial charge in [-0.1, -0.05) is 25.1 Å². The Morgan fingerprint density at radius 1 is 1.33 bits per heavy atom. The lowest BCUT2D eigenvalue weighted by Crippen LogP contribution is -2.53. The lowest BCUT2D eigenvalue weighted by atomic mass is 10.0. The van der Waals surface area contributed by atoms with E-state index in [1.165, 1.54) is 0 Å². The monoisotopic (exact) mass is 333 g/mol. The number of rotatable bonds is 7. The highest BCUT2D eigenvalue weighted by atomic mass is 16.5. The van der Waals surface area contributed by atoms with Crippen LogP contribution in [0, 0.1) is 0 Å². The maximum Gasteiger partial charge on any atom is 0.234 e. The highest BCUT2D eigenvalue weighted by Crippen LogP contribution is 2.27. The number of carbonyl (C=O) groups excluding carboxylic acids is 1. The molecule has 0 aromatic heterocycles. The van der Waals surface area contributed by atoms with Gasteiger partial charge in [-0.25, -0.2) is 0 Å². The van der Waals surface area contributed by atoms with E-state index in [0.717, 1.165) is 37.4 Å². The minimum absolute atomic E-state index is 0.0111. The minimum Gasteiger partial charge on any atom is -0.494 e. The smallest absolute Gasteiger partial charge is 0.234 e. The molecule has 1 N–H and O–H groups in total. The van der Waals surface area contributed by atoms with Crippen molar-refractivity contribution < 1.29 is 9.53 Å². The summed E-state index contributed by atoms with van der Waals surface area (Å²) in [6.07, 6.45) is 0.841. The molecule has 5 nitrogen and oxygen atoms in total. The number of hydrogen-bond acceptors (Lipinski definition) is 4. The van der Waals surface area contributed by atoms with Crippen molar-refractivity contribution in [3.8, 4) is 5.75 Å². The van der Waals surface area contributed by atoms with Crippen molar-refractivity contribution in [1.82, 2.24) is 15.1 Å². The van der Waals surface area contributed by atoms with Gasteiger partial charge in [0, 0.05) is 31.2 Å². The van der Waals surface area contributed by atoms with E-state index in [-0.39, 0.29) is 11.9 Å². The summed E-state index contributed by atoms with van der Waals surface area (Å²) in [6.45, 7) is 10.3. The first kappa shape index (κ1) is 18.7. The number of amides is 1. The molecule has 0 aliphatic carbocycles. The first-order valence-electron chi connectivity index (χ1n) is 8.98. The van der Waals surface area contributed by atoms with Crippen molar-refractivity contribution in [2.75, 3.05) is 39.8 Å². The molecular weight excluding hydrogens is 302 g/mol. The number of likely N-dealkylation sites (N-methyl/N-ethyl adjacent to an activating group) is 1. The Bertz CT molecular complexity index is 535. The molecule has 2 atom stereocenters. The Morgan fingerprint density at radius 2 is 2.08 bits per heavy atom. The molecule has 1 fully saturated rings. The number of ether oxygens (including phenoxy) is 1. The molecule has 1 aromatic rings. The number of nitrogens with zero attached hydrogens (tertiary/aromatic N) is 2. The van der Waals surface area contributed by atoms with Crippen LogP contribution in [-0.4, -0.2) is 61.6 Å². The molecule has 0 saturated carbocycles. The van der Waals surface area contributed by atoms with Gasteiger partial charge in [-0.3, -0.25) is 9.69 Å². The SMILES string of the molecule is CCOc1ccccc1[C@H](CC)NC(=O)CN1CCN(C)C[C@H]1C. The fourth-order valence-electron chi connectivity index (χ4n) is 3.29. The Labute approximate surface area is 146 Å². The number of benzene rings is 1. The molecule has 1 aliphatic heterocycles. The van der Waals surface area contributed by atoms with Crippen LogP contribution in [0.1, 0.15) is 38.8 Å². The number of nitrogens with one attached hydrogen (secondary N) is 1. The van der Waals surface area contributed by atoms with Gasteiger partial charge in [0.1, 0.15) is 5.75 Å². The normalized spacial score (nSPS) is 20.6. The van der Waals surface area contributed by atoms with Crippen LogP contribution in [0.25, 0.3) is 0 Å². The minimum atomic E-state index is -0.0111. The highest BCUT2D eigenvalue weighted by Gasteiger charge is 2.24. The van der Waals surface area contributed by atoms with E-state index in [4.69, 9.17) is 4.74 Å². The van der Waals surface area contributed by atoms with Crippen molar-refractivity contribution in [3.05, 3.63) is 29.8 Å². The summed E-state index contributed by atoms with van der Waals surface area (Å²) in [7, 11) is 2.13. The molecule has 1 saturated heterocycles. The van der Waals surface area contributed by atoms with Gasteiger partial charge in [0.05, 0.1) is 19.2 Å². The zero-order valence-corrected chi connectivity index (χ0v) is 15.4. The van der Waals surface area contributed by atoms with Gasteiger partial charge >= 0.3 is 0 Å². The summed E-state index contributed by atoms with van der Waals surface area (Å²) < 4.78 is 5.71. The summed E-state index contributed by atoms with van der Waals surface area (Å²) in [4.78, 5) is 17.1. The van der Waals surface area contributed by atoms with E-state index in [0.29, 0.717) is 19.2 Å². The van der Waals surface area contributed by atoms with Gasteiger partial charge in [0.2, 0.25) is 5.91 Å². The third kappa shape index (κ3) is 4.95. The number of piperazine rings is 1. The van der Waals surface area contributed by atoms with Crippen LogP contribution in [0.2, 0.25) is 0 Å². The number of hydrogen-bond donors (Lipinski definition) is 1. The lowest BCUT2D eigenvalue weighted by molar-refractivity contribution is -0.124. The molecule has 134 valence electrons. The average molecular weight is 333 g/mol. The fraction of sp³-hybridized carbons (Fsp3) is 0.632. The molecule has 1 amide bonds. The van der Waals surface area contributed by atoms with Crippen LogP contribution in [0.3, 0.4) is 0 Å². The predicted molar refractivity (Wildman–Crippen MR) is 97.3 cm³/mol. The van der Waals surface area contributed by atoms with Crippen LogP contribution in [0.4, 0.5) is 0 Å². The molecule has 1 aliphatic rings. The molecule has 1 heterocycles. The second-order valence-corrected chi connectivity index (χ2v) is 6.58. The zero-order valence-electron chi connectivity index (χ0n) is 15.4. The van der Waals surface area contributed by atoms with Gasteiger partial charge in [-0.2, -0.15) is 0 Å². The summed E-state index contributed by atoms with van der Waals surface area (Å²) in [5.74, 6) is 0.949. The molecule has 1 aromatic carbocycles. The summed E-state index contributed by atoms with van der Waals surface area (Å²) in [5.41, 5.74) is 1.06. The van der Waals surface area contributed by atoms with E-state index in [2.05, 4.69) is 36.0 Å². The molecule has 0 bridgehead atoms. The maximum absolute atomic E-state index is 12.5. The lowest BCUT2D eigenvalue weighted by Gasteiger charge is -2.37. The van der Waals surface area contributed by atoms with E-state index >= 15 is 0 Å². The van der Waals surface area contributed by atoms with E-state index in [1.54, 1.807) is 0 Å². The molecular formula is C19H31N3O2. The Hall–Kier alpha value is -1.59. The fourth-order valence-corrected chi connectivity index (χ4v) is 3.29. The molecule has 0 unspecified atom stereocenters. The van der Waals surface area contributed by atoms with Crippen LogP contribution in [-0.2, 0) is 4.79 Å². The van der Waals surface area contributed by atoms with Gasteiger partial charge in [0.15, 0.2) is 0 Å². The van der Waals surface area contributed by atoms with Crippen molar-refractivity contribution in [2.24, 2.45) is 0 Å². The van der Waals surface area contributed by atoms with E-state index < -0.39 is 0 Å². The Kier molecular flexibility index (Phi) is 7.06. The van der Waals surface area contributed by atoms with E-state index in [9.17, 15) is 4.79 Å². The number of carbonyl (C=O) groups is 1. The first-order chi connectivity index (χ1) is 11.5. The molecule has 5 heteroatoms. The summed E-state index contributed by atoms with van der Waals surface area (Å²) in [5, 5.41) is 3.19. The quantitative estimate of drug-likeness (QED) is 0.831. The molecule has 24 heavy (non-hydrogen) atoms. The third-order valence-corrected chi connectivity index (χ3v) is 4.65. The summed E-state index contributed by atoms with van der Waals surface area (Å²) in [6, 6.07) is 8.37. The van der Waals surface area contributed by atoms with Gasteiger partial charge in [0.25, 0.3) is 0 Å². The van der Waals surface area contributed by atoms with Crippen molar-refractivity contribution in [3.63, 3.8) is 0 Å². The molecule has 0 radical (unpaired) electrons. The van der Waals surface area contributed by atoms with Gasteiger partial charge in [-0.15, -0.1) is 0 Å². The molecule has 0 spiro atoms. The van der Waals surface area contributed by atoms with Crippen molar-refractivity contribution in [1.29, 1.82) is 0 Å². The van der Waals surface area contributed by atoms with Gasteiger partial charge < -0.3 is 15.0 Å². The Balaban J connectivity index is 1.98. The van der Waals surface area contributed by atoms with Crippen molar-refractivity contribution in [2.45, 2.75) is 39.3 Å². The topological polar surface area (TPSA) is 44.8 Å². The Morgan fingerprint density at radius 3 is 2.75 bits per heavy atom.